The fraction of sp³-hybridized carbons (Fsp3) is 0.286. The van der Waals surface area contributed by atoms with Crippen LogP contribution < -0.4 is 5.43 Å². The number of pyridine rings is 1. The van der Waals surface area contributed by atoms with E-state index in [0.29, 0.717) is 16.3 Å². The number of nitrogens with zero attached hydrogens (tertiary/aromatic N) is 3. The van der Waals surface area contributed by atoms with Gasteiger partial charge in [0.05, 0.1) is 28.9 Å². The van der Waals surface area contributed by atoms with E-state index in [1.54, 1.807) is 24.5 Å². The van der Waals surface area contributed by atoms with E-state index in [2.05, 4.69) is 5.10 Å². The Balaban J connectivity index is 2.26. The van der Waals surface area contributed by atoms with Crippen LogP contribution in [-0.2, 0) is 24.0 Å². The van der Waals surface area contributed by atoms with Gasteiger partial charge in [0, 0.05) is 29.9 Å². The highest BCUT2D eigenvalue weighted by Gasteiger charge is 2.35. The van der Waals surface area contributed by atoms with Crippen molar-refractivity contribution in [3.05, 3.63) is 67.6 Å². The Bertz CT molecular complexity index is 1270. The molecule has 176 valence electrons. The van der Waals surface area contributed by atoms with E-state index in [-0.39, 0.29) is 46.7 Å². The smallest absolute Gasteiger partial charge is 0.435 e. The van der Waals surface area contributed by atoms with Crippen LogP contribution in [0.15, 0.2) is 35.1 Å². The van der Waals surface area contributed by atoms with Gasteiger partial charge in [0.15, 0.2) is 11.1 Å². The second-order valence-electron chi connectivity index (χ2n) is 6.86. The van der Waals surface area contributed by atoms with Crippen molar-refractivity contribution in [3.63, 3.8) is 0 Å². The Morgan fingerprint density at radius 2 is 1.85 bits per heavy atom. The molecule has 33 heavy (non-hydrogen) atoms. The first-order chi connectivity index (χ1) is 15.5. The Labute approximate surface area is 195 Å². The molecule has 0 fully saturated rings. The molecule has 0 spiro atoms. The van der Waals surface area contributed by atoms with Crippen LogP contribution in [0.1, 0.15) is 35.6 Å². The van der Waals surface area contributed by atoms with Crippen molar-refractivity contribution in [2.24, 2.45) is 0 Å². The summed E-state index contributed by atoms with van der Waals surface area (Å²) in [5, 5.41) is 13.8. The number of alkyl halides is 3. The Morgan fingerprint density at radius 3 is 2.39 bits per heavy atom. The molecule has 1 aromatic carbocycles. The van der Waals surface area contributed by atoms with Gasteiger partial charge >= 0.3 is 12.1 Å². The van der Waals surface area contributed by atoms with Crippen molar-refractivity contribution in [1.82, 2.24) is 14.3 Å². The summed E-state index contributed by atoms with van der Waals surface area (Å²) < 4.78 is 46.3. The Hall–Kier alpha value is -2.98. The summed E-state index contributed by atoms with van der Waals surface area (Å²) >= 11 is 12.1. The third-order valence-electron chi connectivity index (χ3n) is 4.75. The van der Waals surface area contributed by atoms with Crippen molar-refractivity contribution in [1.29, 1.82) is 0 Å². The van der Waals surface area contributed by atoms with Crippen molar-refractivity contribution in [2.75, 3.05) is 6.61 Å². The van der Waals surface area contributed by atoms with E-state index < -0.39 is 29.1 Å². The Morgan fingerprint density at radius 1 is 1.15 bits per heavy atom. The van der Waals surface area contributed by atoms with E-state index in [1.807, 2.05) is 0 Å². The van der Waals surface area contributed by atoms with Gasteiger partial charge < -0.3 is 14.4 Å². The van der Waals surface area contributed by atoms with Crippen LogP contribution in [0.4, 0.5) is 13.2 Å². The molecule has 0 aliphatic carbocycles. The molecule has 7 nitrogen and oxygen atoms in total. The topological polar surface area (TPSA) is 86.3 Å². The second-order valence-corrected chi connectivity index (χ2v) is 7.67. The molecule has 0 saturated heterocycles. The first kappa shape index (κ1) is 24.7. The molecule has 0 atom stereocenters. The average molecular weight is 504 g/mol. The molecule has 12 heteroatoms. The Kier molecular flexibility index (Phi) is 7.08. The quantitative estimate of drug-likeness (QED) is 0.479. The number of halogens is 5. The third-order valence-corrected chi connectivity index (χ3v) is 5.49. The number of aromatic nitrogens is 3. The van der Waals surface area contributed by atoms with Gasteiger partial charge in [-0.05, 0) is 26.0 Å². The number of hydrogen-bond donors (Lipinski definition) is 1. The van der Waals surface area contributed by atoms with Crippen LogP contribution in [0.25, 0.3) is 11.3 Å². The number of benzene rings is 1. The van der Waals surface area contributed by atoms with E-state index in [0.717, 1.165) is 6.07 Å². The van der Waals surface area contributed by atoms with E-state index in [9.17, 15) is 27.9 Å². The van der Waals surface area contributed by atoms with Gasteiger partial charge in [0.2, 0.25) is 5.88 Å². The van der Waals surface area contributed by atoms with Crippen LogP contribution >= 0.6 is 23.2 Å². The first-order valence-corrected chi connectivity index (χ1v) is 10.5. The van der Waals surface area contributed by atoms with E-state index in [4.69, 9.17) is 27.9 Å². The van der Waals surface area contributed by atoms with Gasteiger partial charge in [0.1, 0.15) is 5.56 Å². The molecule has 2 aromatic heterocycles. The molecule has 0 unspecified atom stereocenters. The van der Waals surface area contributed by atoms with Crippen LogP contribution in [0, 0.1) is 0 Å². The molecule has 0 aliphatic heterocycles. The number of rotatable bonds is 6. The summed E-state index contributed by atoms with van der Waals surface area (Å²) in [5.74, 6) is -1.60. The second kappa shape index (κ2) is 9.48. The lowest BCUT2D eigenvalue weighted by Crippen LogP contribution is -2.26. The molecule has 2 heterocycles. The van der Waals surface area contributed by atoms with Gasteiger partial charge in [-0.3, -0.25) is 4.79 Å². The summed E-state index contributed by atoms with van der Waals surface area (Å²) in [6.07, 6.45) is -4.76. The number of esters is 1. The maximum Gasteiger partial charge on any atom is 0.435 e. The standard InChI is InChI=1S/C21H18Cl2F3N3O4/c1-3-28-12(10-29-17(31)9-16(27-29)21(24,25)26)8-15(30)18(20(32)33-4-2)19(28)11-5-6-13(22)14(23)7-11/h5-9,31H,3-4,10H2,1-2H3. The maximum atomic E-state index is 13.0. The zero-order valence-corrected chi connectivity index (χ0v) is 18.9. The fourth-order valence-corrected chi connectivity index (χ4v) is 3.65. The zero-order valence-electron chi connectivity index (χ0n) is 17.4. The molecule has 0 aliphatic rings. The highest BCUT2D eigenvalue weighted by molar-refractivity contribution is 6.42. The summed E-state index contributed by atoms with van der Waals surface area (Å²) in [6, 6.07) is 6.09. The molecule has 0 amide bonds. The summed E-state index contributed by atoms with van der Waals surface area (Å²) in [6.45, 7) is 3.17. The fourth-order valence-electron chi connectivity index (χ4n) is 3.35. The summed E-state index contributed by atoms with van der Waals surface area (Å²) in [4.78, 5) is 25.6. The largest absolute Gasteiger partial charge is 0.493 e. The number of hydrogen-bond acceptors (Lipinski definition) is 5. The zero-order chi connectivity index (χ0) is 24.5. The lowest BCUT2D eigenvalue weighted by Gasteiger charge is -2.21. The lowest BCUT2D eigenvalue weighted by atomic mass is 10.0. The molecule has 0 saturated carbocycles. The molecule has 0 bridgehead atoms. The van der Waals surface area contributed by atoms with Gasteiger partial charge in [-0.15, -0.1) is 0 Å². The molecule has 3 rings (SSSR count). The van der Waals surface area contributed by atoms with Crippen LogP contribution in [0.2, 0.25) is 10.0 Å². The highest BCUT2D eigenvalue weighted by Crippen LogP contribution is 2.33. The third kappa shape index (κ3) is 5.01. The van der Waals surface area contributed by atoms with Gasteiger partial charge in [-0.1, -0.05) is 29.3 Å². The van der Waals surface area contributed by atoms with Gasteiger partial charge in [-0.2, -0.15) is 18.3 Å². The highest BCUT2D eigenvalue weighted by atomic mass is 35.5. The lowest BCUT2D eigenvalue weighted by molar-refractivity contribution is -0.141. The first-order valence-electron chi connectivity index (χ1n) is 9.71. The minimum absolute atomic E-state index is 0.0222. The number of carbonyl (C=O) groups is 1. The minimum Gasteiger partial charge on any atom is -0.493 e. The van der Waals surface area contributed by atoms with Crippen molar-refractivity contribution in [3.8, 4) is 17.1 Å². The maximum absolute atomic E-state index is 13.0. The van der Waals surface area contributed by atoms with Gasteiger partial charge in [0.25, 0.3) is 0 Å². The monoisotopic (exact) mass is 503 g/mol. The van der Waals surface area contributed by atoms with Crippen molar-refractivity contribution < 1.29 is 27.8 Å². The minimum atomic E-state index is -4.76. The van der Waals surface area contributed by atoms with Crippen molar-refractivity contribution in [2.45, 2.75) is 33.1 Å². The normalized spacial score (nSPS) is 11.6. The summed E-state index contributed by atoms with van der Waals surface area (Å²) in [5.41, 5.74) is -1.53. The van der Waals surface area contributed by atoms with Crippen LogP contribution in [0.5, 0.6) is 5.88 Å². The SMILES string of the molecule is CCOC(=O)c1c(-c2ccc(Cl)c(Cl)c2)n(CC)c(Cn2nc(C(F)(F)F)cc2O)cc1=O. The molecule has 3 aromatic rings. The average Bonchev–Trinajstić information content (AvgIpc) is 3.10. The van der Waals surface area contributed by atoms with E-state index >= 15 is 0 Å². The number of ether oxygens (including phenoxy) is 1. The van der Waals surface area contributed by atoms with Crippen LogP contribution in [-0.4, -0.2) is 32.0 Å². The molecular weight excluding hydrogens is 486 g/mol. The predicted molar refractivity (Wildman–Crippen MR) is 116 cm³/mol. The molecular formula is C21H18Cl2F3N3O4. The molecule has 0 radical (unpaired) electrons. The van der Waals surface area contributed by atoms with Crippen molar-refractivity contribution >= 4 is 29.2 Å². The molecule has 1 N–H and O–H groups in total. The van der Waals surface area contributed by atoms with Crippen LogP contribution in [0.3, 0.4) is 0 Å². The predicted octanol–water partition coefficient (Wildman–Crippen LogP) is 4.99. The number of carbonyl (C=O) groups excluding carboxylic acids is 1. The summed E-state index contributed by atoms with van der Waals surface area (Å²) in [7, 11) is 0. The van der Waals surface area contributed by atoms with E-state index in [1.165, 1.54) is 12.1 Å². The number of aromatic hydroxyl groups is 1. The van der Waals surface area contributed by atoms with Gasteiger partial charge in [-0.25, -0.2) is 9.48 Å².